The van der Waals surface area contributed by atoms with Gasteiger partial charge in [-0.25, -0.2) is 0 Å². The predicted octanol–water partition coefficient (Wildman–Crippen LogP) is 3.49. The van der Waals surface area contributed by atoms with Gasteiger partial charge in [-0.3, -0.25) is 4.79 Å². The van der Waals surface area contributed by atoms with Gasteiger partial charge in [0.1, 0.15) is 18.5 Å². The fraction of sp³-hybridized carbons (Fsp3) is 0.278. The summed E-state index contributed by atoms with van der Waals surface area (Å²) in [5.74, 6) is -0.0317. The first-order valence-electron chi connectivity index (χ1n) is 7.30. The second kappa shape index (κ2) is 6.20. The van der Waals surface area contributed by atoms with Crippen molar-refractivity contribution in [2.75, 3.05) is 6.61 Å². The van der Waals surface area contributed by atoms with Gasteiger partial charge in [-0.15, -0.1) is 0 Å². The van der Waals surface area contributed by atoms with E-state index >= 15 is 0 Å². The maximum absolute atomic E-state index is 10.9. The summed E-state index contributed by atoms with van der Waals surface area (Å²) >= 11 is 0. The third-order valence-corrected chi connectivity index (χ3v) is 3.70. The molecule has 2 aromatic carbocycles. The molecule has 4 nitrogen and oxygen atoms in total. The van der Waals surface area contributed by atoms with Crippen LogP contribution in [0.4, 0.5) is 0 Å². The van der Waals surface area contributed by atoms with Crippen LogP contribution in [0.15, 0.2) is 48.6 Å². The maximum Gasteiger partial charge on any atom is 0.302 e. The van der Waals surface area contributed by atoms with Crippen molar-refractivity contribution < 1.29 is 19.4 Å². The zero-order valence-corrected chi connectivity index (χ0v) is 12.4. The van der Waals surface area contributed by atoms with E-state index in [-0.39, 0.29) is 30.5 Å². The van der Waals surface area contributed by atoms with Gasteiger partial charge in [-0.1, -0.05) is 30.4 Å². The van der Waals surface area contributed by atoms with Crippen LogP contribution in [0.1, 0.15) is 25.0 Å². The summed E-state index contributed by atoms with van der Waals surface area (Å²) in [7, 11) is 0. The number of carbonyl (C=O) groups is 1. The molecule has 0 saturated heterocycles. The lowest BCUT2D eigenvalue weighted by molar-refractivity contribution is -0.146. The highest BCUT2D eigenvalue weighted by Crippen LogP contribution is 2.29. The van der Waals surface area contributed by atoms with Crippen molar-refractivity contribution in [3.8, 4) is 5.75 Å². The van der Waals surface area contributed by atoms with Crippen LogP contribution < -0.4 is 0 Å². The molecule has 1 heterocycles. The standard InChI is InChI=1S/C18H18O4/c1-12(19)21-11-17-3-2-4-18(22-17)15-6-5-14-10-16(20)8-7-13(14)9-15/h2,4-10,17-18,20H,3,11H2,1H3. The largest absolute Gasteiger partial charge is 0.508 e. The third kappa shape index (κ3) is 3.28. The van der Waals surface area contributed by atoms with Gasteiger partial charge in [-0.2, -0.15) is 0 Å². The highest BCUT2D eigenvalue weighted by molar-refractivity contribution is 5.84. The maximum atomic E-state index is 10.9. The smallest absolute Gasteiger partial charge is 0.302 e. The van der Waals surface area contributed by atoms with E-state index in [0.29, 0.717) is 0 Å². The molecule has 0 aliphatic carbocycles. The first kappa shape index (κ1) is 14.6. The van der Waals surface area contributed by atoms with E-state index in [1.807, 2.05) is 24.3 Å². The normalized spacial score (nSPS) is 21.0. The molecular formula is C18H18O4. The molecule has 2 aromatic rings. The van der Waals surface area contributed by atoms with Crippen LogP contribution in [0, 0.1) is 0 Å². The van der Waals surface area contributed by atoms with Crippen molar-refractivity contribution in [3.05, 3.63) is 54.1 Å². The summed E-state index contributed by atoms with van der Waals surface area (Å²) in [6, 6.07) is 11.3. The Bertz CT molecular complexity index is 720. The van der Waals surface area contributed by atoms with E-state index in [1.165, 1.54) is 6.92 Å². The molecule has 22 heavy (non-hydrogen) atoms. The Hall–Kier alpha value is -2.33. The molecule has 0 aromatic heterocycles. The number of hydrogen-bond acceptors (Lipinski definition) is 4. The van der Waals surface area contributed by atoms with E-state index in [0.717, 1.165) is 22.8 Å². The van der Waals surface area contributed by atoms with Crippen molar-refractivity contribution in [3.63, 3.8) is 0 Å². The molecule has 0 spiro atoms. The molecule has 0 amide bonds. The summed E-state index contributed by atoms with van der Waals surface area (Å²) in [5.41, 5.74) is 1.04. The molecule has 0 radical (unpaired) electrons. The van der Waals surface area contributed by atoms with Gasteiger partial charge in [0, 0.05) is 6.92 Å². The lowest BCUT2D eigenvalue weighted by atomic mass is 10.0. The molecule has 1 N–H and O–H groups in total. The number of esters is 1. The molecular weight excluding hydrogens is 280 g/mol. The number of aromatic hydroxyl groups is 1. The molecule has 3 rings (SSSR count). The minimum atomic E-state index is -0.291. The van der Waals surface area contributed by atoms with Gasteiger partial charge in [0.2, 0.25) is 0 Å². The second-order valence-electron chi connectivity index (χ2n) is 5.44. The summed E-state index contributed by atoms with van der Waals surface area (Å²) in [6.45, 7) is 1.67. The summed E-state index contributed by atoms with van der Waals surface area (Å²) < 4.78 is 11.0. The van der Waals surface area contributed by atoms with E-state index in [4.69, 9.17) is 9.47 Å². The Morgan fingerprint density at radius 2 is 2.05 bits per heavy atom. The van der Waals surface area contributed by atoms with E-state index in [1.54, 1.807) is 12.1 Å². The molecule has 114 valence electrons. The Morgan fingerprint density at radius 3 is 2.86 bits per heavy atom. The SMILES string of the molecule is CC(=O)OCC1CC=CC(c2ccc3cc(O)ccc3c2)O1. The number of carbonyl (C=O) groups excluding carboxylic acids is 1. The number of phenols is 1. The van der Waals surface area contributed by atoms with Crippen LogP contribution >= 0.6 is 0 Å². The number of rotatable bonds is 3. The molecule has 4 heteroatoms. The van der Waals surface area contributed by atoms with Crippen LogP contribution in [-0.2, 0) is 14.3 Å². The van der Waals surface area contributed by atoms with Crippen LogP contribution in [-0.4, -0.2) is 23.8 Å². The minimum Gasteiger partial charge on any atom is -0.508 e. The van der Waals surface area contributed by atoms with Crippen molar-refractivity contribution in [1.82, 2.24) is 0 Å². The Morgan fingerprint density at radius 1 is 1.27 bits per heavy atom. The minimum absolute atomic E-state index is 0.116. The van der Waals surface area contributed by atoms with Crippen molar-refractivity contribution in [2.24, 2.45) is 0 Å². The third-order valence-electron chi connectivity index (χ3n) is 3.70. The quantitative estimate of drug-likeness (QED) is 0.696. The van der Waals surface area contributed by atoms with Gasteiger partial charge in [0.05, 0.1) is 6.10 Å². The first-order valence-corrected chi connectivity index (χ1v) is 7.30. The number of ether oxygens (including phenoxy) is 2. The second-order valence-corrected chi connectivity index (χ2v) is 5.44. The zero-order chi connectivity index (χ0) is 15.5. The van der Waals surface area contributed by atoms with Crippen LogP contribution in [0.2, 0.25) is 0 Å². The van der Waals surface area contributed by atoms with Gasteiger partial charge < -0.3 is 14.6 Å². The van der Waals surface area contributed by atoms with E-state index < -0.39 is 0 Å². The number of hydrogen-bond donors (Lipinski definition) is 1. The molecule has 0 fully saturated rings. The van der Waals surface area contributed by atoms with E-state index in [9.17, 15) is 9.90 Å². The summed E-state index contributed by atoms with van der Waals surface area (Å²) in [6.07, 6.45) is 4.56. The molecule has 0 saturated carbocycles. The van der Waals surface area contributed by atoms with E-state index in [2.05, 4.69) is 12.1 Å². The van der Waals surface area contributed by atoms with Crippen molar-refractivity contribution in [1.29, 1.82) is 0 Å². The van der Waals surface area contributed by atoms with Gasteiger partial charge >= 0.3 is 5.97 Å². The highest BCUT2D eigenvalue weighted by Gasteiger charge is 2.20. The number of phenolic OH excluding ortho intramolecular Hbond substituents is 1. The first-order chi connectivity index (χ1) is 10.6. The van der Waals surface area contributed by atoms with Crippen molar-refractivity contribution >= 4 is 16.7 Å². The molecule has 1 aliphatic heterocycles. The molecule has 2 atom stereocenters. The van der Waals surface area contributed by atoms with Crippen LogP contribution in [0.25, 0.3) is 10.8 Å². The number of benzene rings is 2. The topological polar surface area (TPSA) is 55.8 Å². The monoisotopic (exact) mass is 298 g/mol. The summed E-state index contributed by atoms with van der Waals surface area (Å²) in [4.78, 5) is 10.9. The molecule has 2 unspecified atom stereocenters. The molecule has 1 aliphatic rings. The lowest BCUT2D eigenvalue weighted by Crippen LogP contribution is -2.25. The fourth-order valence-corrected chi connectivity index (χ4v) is 2.60. The van der Waals surface area contributed by atoms with Crippen LogP contribution in [0.3, 0.4) is 0 Å². The van der Waals surface area contributed by atoms with Gasteiger partial charge in [0.25, 0.3) is 0 Å². The van der Waals surface area contributed by atoms with Gasteiger partial charge in [-0.05, 0) is 41.0 Å². The Labute approximate surface area is 129 Å². The van der Waals surface area contributed by atoms with Crippen molar-refractivity contribution in [2.45, 2.75) is 25.6 Å². The Kier molecular flexibility index (Phi) is 4.11. The summed E-state index contributed by atoms with van der Waals surface area (Å²) in [5, 5.41) is 11.5. The predicted molar refractivity (Wildman–Crippen MR) is 83.6 cm³/mol. The van der Waals surface area contributed by atoms with Gasteiger partial charge in [0.15, 0.2) is 0 Å². The highest BCUT2D eigenvalue weighted by atomic mass is 16.6. The zero-order valence-electron chi connectivity index (χ0n) is 12.4. The Balaban J connectivity index is 1.78. The molecule has 0 bridgehead atoms. The lowest BCUT2D eigenvalue weighted by Gasteiger charge is -2.26. The number of fused-ring (bicyclic) bond motifs is 1. The average Bonchev–Trinajstić information content (AvgIpc) is 2.52. The van der Waals surface area contributed by atoms with Crippen LogP contribution in [0.5, 0.6) is 5.75 Å². The fourth-order valence-electron chi connectivity index (χ4n) is 2.60. The average molecular weight is 298 g/mol.